The van der Waals surface area contributed by atoms with Crippen LogP contribution in [-0.4, -0.2) is 42.8 Å². The monoisotopic (exact) mass is 507 g/mol. The zero-order valence-electron chi connectivity index (χ0n) is 19.6. The number of benzene rings is 1. The lowest BCUT2D eigenvalue weighted by molar-refractivity contribution is 0.0525. The molecule has 32 heavy (non-hydrogen) atoms. The first-order chi connectivity index (χ1) is 15.2. The van der Waals surface area contributed by atoms with Gasteiger partial charge in [-0.2, -0.15) is 0 Å². The maximum atomic E-state index is 12.9. The maximum Gasteiger partial charge on any atom is 0.340 e. The van der Waals surface area contributed by atoms with E-state index in [1.54, 1.807) is 39.8 Å². The fourth-order valence-corrected chi connectivity index (χ4v) is 3.91. The Morgan fingerprint density at radius 1 is 0.938 bits per heavy atom. The Balaban J connectivity index is 2.92. The fourth-order valence-electron chi connectivity index (χ4n) is 3.37. The number of esters is 2. The number of halogens is 1. The largest absolute Gasteiger partial charge is 0.490 e. The highest BCUT2D eigenvalue weighted by atomic mass is 79.9. The highest BCUT2D eigenvalue weighted by Crippen LogP contribution is 2.43. The zero-order chi connectivity index (χ0) is 24.0. The van der Waals surface area contributed by atoms with E-state index in [2.05, 4.69) is 20.9 Å². The number of aryl methyl sites for hydroxylation is 2. The number of carbonyl (C=O) groups excluding carboxylic acids is 2. The van der Waals surface area contributed by atoms with Crippen LogP contribution in [-0.2, 0) is 9.47 Å². The smallest absolute Gasteiger partial charge is 0.340 e. The molecular weight excluding hydrogens is 478 g/mol. The van der Waals surface area contributed by atoms with Gasteiger partial charge in [0.05, 0.1) is 52.9 Å². The predicted molar refractivity (Wildman–Crippen MR) is 126 cm³/mol. The van der Waals surface area contributed by atoms with Crippen molar-refractivity contribution in [2.75, 3.05) is 19.8 Å². The van der Waals surface area contributed by atoms with Crippen LogP contribution in [0.3, 0.4) is 0 Å². The summed E-state index contributed by atoms with van der Waals surface area (Å²) in [7, 11) is 0. The van der Waals surface area contributed by atoms with E-state index >= 15 is 0 Å². The Kier molecular flexibility index (Phi) is 9.07. The van der Waals surface area contributed by atoms with Crippen molar-refractivity contribution in [3.8, 4) is 22.6 Å². The van der Waals surface area contributed by atoms with Crippen LogP contribution >= 0.6 is 15.9 Å². The Hall–Kier alpha value is -2.61. The van der Waals surface area contributed by atoms with Crippen molar-refractivity contribution in [2.45, 2.75) is 54.6 Å². The zero-order valence-corrected chi connectivity index (χ0v) is 21.2. The van der Waals surface area contributed by atoms with Gasteiger partial charge in [-0.05, 0) is 82.1 Å². The van der Waals surface area contributed by atoms with Crippen molar-refractivity contribution in [1.29, 1.82) is 0 Å². The standard InChI is InChI=1S/C24H30BrNO6/c1-8-29-18-12-16(11-17(25)22(18)32-13(4)5)21-19(23(27)30-9-2)14(6)26-15(7)20(21)24(28)31-10-3/h11-13H,8-10H2,1-7H3. The molecule has 0 unspecified atom stereocenters. The Bertz CT molecular complexity index is 960. The summed E-state index contributed by atoms with van der Waals surface area (Å²) in [6.45, 7) is 13.4. The molecule has 0 saturated heterocycles. The van der Waals surface area contributed by atoms with Crippen LogP contribution in [0.25, 0.3) is 11.1 Å². The van der Waals surface area contributed by atoms with Crippen LogP contribution in [0.4, 0.5) is 0 Å². The minimum Gasteiger partial charge on any atom is -0.490 e. The number of nitrogens with zero attached hydrogens (tertiary/aromatic N) is 1. The van der Waals surface area contributed by atoms with Gasteiger partial charge in [0.2, 0.25) is 0 Å². The molecule has 0 radical (unpaired) electrons. The molecule has 1 aromatic carbocycles. The second-order valence-electron chi connectivity index (χ2n) is 7.23. The number of carbonyl (C=O) groups is 2. The highest BCUT2D eigenvalue weighted by Gasteiger charge is 2.29. The minimum atomic E-state index is -0.561. The summed E-state index contributed by atoms with van der Waals surface area (Å²) in [5, 5.41) is 0. The number of ether oxygens (including phenoxy) is 4. The Morgan fingerprint density at radius 2 is 1.47 bits per heavy atom. The third kappa shape index (κ3) is 5.59. The van der Waals surface area contributed by atoms with Gasteiger partial charge in [0.25, 0.3) is 0 Å². The van der Waals surface area contributed by atoms with Gasteiger partial charge in [0.15, 0.2) is 11.5 Å². The molecule has 0 bridgehead atoms. The lowest BCUT2D eigenvalue weighted by Gasteiger charge is -2.21. The molecule has 1 aromatic heterocycles. The molecule has 7 nitrogen and oxygen atoms in total. The van der Waals surface area contributed by atoms with Crippen LogP contribution in [0.5, 0.6) is 11.5 Å². The summed E-state index contributed by atoms with van der Waals surface area (Å²) in [6, 6.07) is 3.55. The van der Waals surface area contributed by atoms with Gasteiger partial charge in [0.1, 0.15) is 0 Å². The summed E-state index contributed by atoms with van der Waals surface area (Å²) in [6.07, 6.45) is -0.0769. The number of rotatable bonds is 9. The average molecular weight is 508 g/mol. The third-order valence-electron chi connectivity index (χ3n) is 4.47. The van der Waals surface area contributed by atoms with Crippen LogP contribution in [0.2, 0.25) is 0 Å². The second kappa shape index (κ2) is 11.3. The van der Waals surface area contributed by atoms with Crippen molar-refractivity contribution in [1.82, 2.24) is 4.98 Å². The fraction of sp³-hybridized carbons (Fsp3) is 0.458. The Labute approximate surface area is 197 Å². The molecule has 0 atom stereocenters. The molecule has 0 saturated carbocycles. The van der Waals surface area contributed by atoms with E-state index in [9.17, 15) is 9.59 Å². The molecule has 0 fully saturated rings. The van der Waals surface area contributed by atoms with Crippen molar-refractivity contribution in [3.05, 3.63) is 39.1 Å². The van der Waals surface area contributed by atoms with Gasteiger partial charge in [-0.25, -0.2) is 9.59 Å². The number of hydrogen-bond acceptors (Lipinski definition) is 7. The van der Waals surface area contributed by atoms with Crippen LogP contribution < -0.4 is 9.47 Å². The molecule has 0 aliphatic carbocycles. The molecule has 0 aliphatic rings. The van der Waals surface area contributed by atoms with Crippen LogP contribution in [0.1, 0.15) is 66.7 Å². The van der Waals surface area contributed by atoms with Gasteiger partial charge < -0.3 is 18.9 Å². The van der Waals surface area contributed by atoms with E-state index in [0.717, 1.165) is 0 Å². The molecule has 2 rings (SSSR count). The normalized spacial score (nSPS) is 10.8. The summed E-state index contributed by atoms with van der Waals surface area (Å²) in [4.78, 5) is 30.3. The van der Waals surface area contributed by atoms with Crippen molar-refractivity contribution in [2.24, 2.45) is 0 Å². The minimum absolute atomic E-state index is 0.0769. The van der Waals surface area contributed by atoms with Gasteiger partial charge >= 0.3 is 11.9 Å². The predicted octanol–water partition coefficient (Wildman–Crippen LogP) is 5.67. The van der Waals surface area contributed by atoms with E-state index in [4.69, 9.17) is 18.9 Å². The molecule has 0 N–H and O–H groups in total. The first-order valence-electron chi connectivity index (χ1n) is 10.6. The number of hydrogen-bond donors (Lipinski definition) is 0. The lowest BCUT2D eigenvalue weighted by Crippen LogP contribution is -2.17. The molecule has 8 heteroatoms. The summed E-state index contributed by atoms with van der Waals surface area (Å²) >= 11 is 3.56. The number of aromatic nitrogens is 1. The molecular formula is C24H30BrNO6. The van der Waals surface area contributed by atoms with Crippen LogP contribution in [0, 0.1) is 13.8 Å². The SMILES string of the molecule is CCOC(=O)c1c(C)nc(C)c(C(=O)OCC)c1-c1cc(Br)c(OC(C)C)c(OCC)c1. The molecule has 1 heterocycles. The first kappa shape index (κ1) is 25.6. The van der Waals surface area contributed by atoms with E-state index in [1.165, 1.54) is 0 Å². The van der Waals surface area contributed by atoms with Crippen molar-refractivity contribution < 1.29 is 28.5 Å². The van der Waals surface area contributed by atoms with Crippen molar-refractivity contribution in [3.63, 3.8) is 0 Å². The van der Waals surface area contributed by atoms with Crippen LogP contribution in [0.15, 0.2) is 16.6 Å². The quantitative estimate of drug-likeness (QED) is 0.404. The molecule has 174 valence electrons. The van der Waals surface area contributed by atoms with Gasteiger partial charge in [-0.15, -0.1) is 0 Å². The van der Waals surface area contributed by atoms with Crippen molar-refractivity contribution >= 4 is 27.9 Å². The maximum absolute atomic E-state index is 12.9. The second-order valence-corrected chi connectivity index (χ2v) is 8.09. The van der Waals surface area contributed by atoms with Gasteiger partial charge in [0, 0.05) is 5.56 Å². The van der Waals surface area contributed by atoms with E-state index < -0.39 is 11.9 Å². The number of pyridine rings is 1. The first-order valence-corrected chi connectivity index (χ1v) is 11.4. The lowest BCUT2D eigenvalue weighted by atomic mass is 9.92. The summed E-state index contributed by atoms with van der Waals surface area (Å²) in [5.41, 5.74) is 2.32. The van der Waals surface area contributed by atoms with E-state index in [0.29, 0.717) is 45.1 Å². The molecule has 0 aliphatic heterocycles. The van der Waals surface area contributed by atoms with Gasteiger partial charge in [-0.1, -0.05) is 0 Å². The third-order valence-corrected chi connectivity index (χ3v) is 5.06. The van der Waals surface area contributed by atoms with Gasteiger partial charge in [-0.3, -0.25) is 4.98 Å². The summed E-state index contributed by atoms with van der Waals surface area (Å²) < 4.78 is 23.0. The van der Waals surface area contributed by atoms with E-state index in [-0.39, 0.29) is 30.4 Å². The molecule has 2 aromatic rings. The van der Waals surface area contributed by atoms with E-state index in [1.807, 2.05) is 20.8 Å². The average Bonchev–Trinajstić information content (AvgIpc) is 2.69. The summed E-state index contributed by atoms with van der Waals surface area (Å²) in [5.74, 6) is -0.0879. The Morgan fingerprint density at radius 3 is 1.91 bits per heavy atom. The topological polar surface area (TPSA) is 84.0 Å². The molecule has 0 amide bonds. The highest BCUT2D eigenvalue weighted by molar-refractivity contribution is 9.10. The molecule has 0 spiro atoms.